The zero-order valence-electron chi connectivity index (χ0n) is 16.2. The van der Waals surface area contributed by atoms with Gasteiger partial charge in [-0.25, -0.2) is 0 Å². The molecule has 3 aromatic rings. The summed E-state index contributed by atoms with van der Waals surface area (Å²) in [7, 11) is 0. The lowest BCUT2D eigenvalue weighted by atomic mass is 10.1. The second-order valence-corrected chi connectivity index (χ2v) is 6.77. The molecule has 3 aromatic carbocycles. The van der Waals surface area contributed by atoms with Crippen LogP contribution in [0.5, 0.6) is 0 Å². The maximum absolute atomic E-state index is 13.3. The van der Waals surface area contributed by atoms with Crippen LogP contribution in [0.3, 0.4) is 0 Å². The second kappa shape index (κ2) is 8.78. The maximum Gasteiger partial charge on any atom is 0.416 e. The van der Waals surface area contributed by atoms with Gasteiger partial charge < -0.3 is 22.1 Å². The SMILES string of the molecule is Nc1ccc(C(=O)CNc2cc(NC(=O)c3ccc(N)cc3)cc(C(F)(F)F)c2)cc1. The van der Waals surface area contributed by atoms with Gasteiger partial charge in [-0.05, 0) is 66.7 Å². The van der Waals surface area contributed by atoms with Crippen LogP contribution in [0.2, 0.25) is 0 Å². The minimum atomic E-state index is -4.64. The van der Waals surface area contributed by atoms with Gasteiger partial charge in [0.05, 0.1) is 12.1 Å². The number of Topliss-reactive ketones (excluding diaryl/α,β-unsaturated/α-hetero) is 1. The molecule has 0 aliphatic rings. The number of carbonyl (C=O) groups excluding carboxylic acids is 2. The van der Waals surface area contributed by atoms with E-state index in [0.29, 0.717) is 16.9 Å². The highest BCUT2D eigenvalue weighted by atomic mass is 19.4. The summed E-state index contributed by atoms with van der Waals surface area (Å²) in [5, 5.41) is 5.12. The van der Waals surface area contributed by atoms with Crippen LogP contribution >= 0.6 is 0 Å². The van der Waals surface area contributed by atoms with Gasteiger partial charge in [0.2, 0.25) is 0 Å². The summed E-state index contributed by atoms with van der Waals surface area (Å²) < 4.78 is 40.0. The van der Waals surface area contributed by atoms with Crippen molar-refractivity contribution >= 4 is 34.4 Å². The summed E-state index contributed by atoms with van der Waals surface area (Å²) >= 11 is 0. The lowest BCUT2D eigenvalue weighted by Gasteiger charge is -2.14. The van der Waals surface area contributed by atoms with E-state index in [4.69, 9.17) is 11.5 Å². The Morgan fingerprint density at radius 1 is 0.774 bits per heavy atom. The van der Waals surface area contributed by atoms with Gasteiger partial charge in [-0.2, -0.15) is 13.2 Å². The van der Waals surface area contributed by atoms with Crippen LogP contribution in [0.25, 0.3) is 0 Å². The van der Waals surface area contributed by atoms with Crippen molar-refractivity contribution in [3.8, 4) is 0 Å². The number of carbonyl (C=O) groups is 2. The van der Waals surface area contributed by atoms with E-state index in [0.717, 1.165) is 12.1 Å². The van der Waals surface area contributed by atoms with Gasteiger partial charge in [0, 0.05) is 33.9 Å². The standard InChI is InChI=1S/C22H19F3N4O2/c23-22(24,25)15-9-18(28-12-20(30)13-1-5-16(26)6-2-13)11-19(10-15)29-21(31)14-3-7-17(27)8-4-14/h1-11,28H,12,26-27H2,(H,29,31). The first kappa shape index (κ1) is 21.7. The Morgan fingerprint density at radius 3 is 1.84 bits per heavy atom. The first-order chi connectivity index (χ1) is 14.6. The predicted octanol–water partition coefficient (Wildman–Crippen LogP) is 4.42. The van der Waals surface area contributed by atoms with Crippen LogP contribution in [-0.2, 0) is 6.18 Å². The molecule has 0 spiro atoms. The third-order valence-corrected chi connectivity index (χ3v) is 4.38. The molecule has 6 nitrogen and oxygen atoms in total. The fourth-order valence-electron chi connectivity index (χ4n) is 2.76. The normalized spacial score (nSPS) is 11.1. The molecule has 0 aliphatic carbocycles. The van der Waals surface area contributed by atoms with Gasteiger partial charge in [-0.1, -0.05) is 0 Å². The Morgan fingerprint density at radius 2 is 1.29 bits per heavy atom. The first-order valence-corrected chi connectivity index (χ1v) is 9.13. The molecule has 1 amide bonds. The number of alkyl halides is 3. The topological polar surface area (TPSA) is 110 Å². The van der Waals surface area contributed by atoms with E-state index in [1.807, 2.05) is 0 Å². The highest BCUT2D eigenvalue weighted by molar-refractivity contribution is 6.05. The number of nitrogens with two attached hydrogens (primary N) is 2. The molecular formula is C22H19F3N4O2. The second-order valence-electron chi connectivity index (χ2n) is 6.77. The molecule has 0 atom stereocenters. The number of hydrogen-bond acceptors (Lipinski definition) is 5. The van der Waals surface area contributed by atoms with E-state index in [9.17, 15) is 22.8 Å². The zero-order chi connectivity index (χ0) is 22.6. The van der Waals surface area contributed by atoms with Gasteiger partial charge in [0.1, 0.15) is 0 Å². The summed E-state index contributed by atoms with van der Waals surface area (Å²) in [6.07, 6.45) is -4.64. The fourth-order valence-corrected chi connectivity index (χ4v) is 2.76. The number of rotatable bonds is 6. The zero-order valence-corrected chi connectivity index (χ0v) is 16.2. The van der Waals surface area contributed by atoms with Crippen molar-refractivity contribution in [1.82, 2.24) is 0 Å². The summed E-state index contributed by atoms with van der Waals surface area (Å²) in [4.78, 5) is 24.6. The number of benzene rings is 3. The number of amides is 1. The van der Waals surface area contributed by atoms with E-state index in [1.54, 1.807) is 12.1 Å². The van der Waals surface area contributed by atoms with Gasteiger partial charge in [0.15, 0.2) is 5.78 Å². The van der Waals surface area contributed by atoms with Gasteiger partial charge in [0.25, 0.3) is 5.91 Å². The van der Waals surface area contributed by atoms with Crippen LogP contribution in [0.4, 0.5) is 35.9 Å². The van der Waals surface area contributed by atoms with Gasteiger partial charge in [-0.15, -0.1) is 0 Å². The summed E-state index contributed by atoms with van der Waals surface area (Å²) in [5.74, 6) is -0.923. The van der Waals surface area contributed by atoms with Crippen LogP contribution < -0.4 is 22.1 Å². The molecule has 0 aliphatic heterocycles. The number of ketones is 1. The molecule has 0 saturated heterocycles. The molecule has 160 valence electrons. The highest BCUT2D eigenvalue weighted by Gasteiger charge is 2.31. The molecule has 0 unspecified atom stereocenters. The Bertz CT molecular complexity index is 1100. The molecule has 0 aromatic heterocycles. The van der Waals surface area contributed by atoms with Gasteiger partial charge >= 0.3 is 6.18 Å². The molecular weight excluding hydrogens is 409 g/mol. The largest absolute Gasteiger partial charge is 0.416 e. The number of nitrogens with one attached hydrogen (secondary N) is 2. The Hall–Kier alpha value is -4.01. The number of hydrogen-bond donors (Lipinski definition) is 4. The average molecular weight is 428 g/mol. The molecule has 31 heavy (non-hydrogen) atoms. The molecule has 6 N–H and O–H groups in total. The molecule has 0 fully saturated rings. The summed E-state index contributed by atoms with van der Waals surface area (Å²) in [6.45, 7) is -0.240. The fraction of sp³-hybridized carbons (Fsp3) is 0.0909. The van der Waals surface area contributed by atoms with Gasteiger partial charge in [-0.3, -0.25) is 9.59 Å². The van der Waals surface area contributed by atoms with E-state index in [-0.39, 0.29) is 29.3 Å². The van der Waals surface area contributed by atoms with Crippen LogP contribution in [0.1, 0.15) is 26.3 Å². The van der Waals surface area contributed by atoms with E-state index >= 15 is 0 Å². The summed E-state index contributed by atoms with van der Waals surface area (Å²) in [5.41, 5.74) is 11.7. The molecule has 9 heteroatoms. The number of anilines is 4. The lowest BCUT2D eigenvalue weighted by molar-refractivity contribution is -0.137. The van der Waals surface area contributed by atoms with Crippen molar-refractivity contribution in [2.75, 3.05) is 28.6 Å². The van der Waals surface area contributed by atoms with Crippen molar-refractivity contribution in [2.24, 2.45) is 0 Å². The molecule has 0 saturated carbocycles. The average Bonchev–Trinajstić information content (AvgIpc) is 2.72. The van der Waals surface area contributed by atoms with E-state index in [2.05, 4.69) is 10.6 Å². The van der Waals surface area contributed by atoms with Crippen molar-refractivity contribution in [3.05, 3.63) is 83.4 Å². The minimum Gasteiger partial charge on any atom is -0.399 e. The molecule has 0 bridgehead atoms. The Kier molecular flexibility index (Phi) is 6.15. The van der Waals surface area contributed by atoms with Crippen LogP contribution in [0.15, 0.2) is 66.7 Å². The van der Waals surface area contributed by atoms with Crippen molar-refractivity contribution in [3.63, 3.8) is 0 Å². The maximum atomic E-state index is 13.3. The third-order valence-electron chi connectivity index (χ3n) is 4.38. The van der Waals surface area contributed by atoms with E-state index < -0.39 is 17.6 Å². The highest BCUT2D eigenvalue weighted by Crippen LogP contribution is 2.33. The molecule has 3 rings (SSSR count). The molecule has 0 radical (unpaired) electrons. The van der Waals surface area contributed by atoms with Crippen molar-refractivity contribution in [1.29, 1.82) is 0 Å². The first-order valence-electron chi connectivity index (χ1n) is 9.13. The monoisotopic (exact) mass is 428 g/mol. The number of halogens is 3. The summed E-state index contributed by atoms with van der Waals surface area (Å²) in [6, 6.07) is 15.1. The Labute approximate surface area is 176 Å². The van der Waals surface area contributed by atoms with Crippen LogP contribution in [-0.4, -0.2) is 18.2 Å². The predicted molar refractivity (Wildman–Crippen MR) is 114 cm³/mol. The number of nitrogen functional groups attached to an aromatic ring is 2. The smallest absolute Gasteiger partial charge is 0.399 e. The van der Waals surface area contributed by atoms with Crippen LogP contribution in [0, 0.1) is 0 Å². The minimum absolute atomic E-state index is 0.0335. The van der Waals surface area contributed by atoms with Crippen molar-refractivity contribution < 1.29 is 22.8 Å². The molecule has 0 heterocycles. The van der Waals surface area contributed by atoms with Crippen molar-refractivity contribution in [2.45, 2.75) is 6.18 Å². The quantitative estimate of drug-likeness (QED) is 0.343. The van der Waals surface area contributed by atoms with E-state index in [1.165, 1.54) is 42.5 Å². The Balaban J connectivity index is 1.79. The third kappa shape index (κ3) is 5.75. The lowest BCUT2D eigenvalue weighted by Crippen LogP contribution is -2.16.